The monoisotopic (exact) mass is 191 g/mol. The molecule has 9 heavy (non-hydrogen) atoms. The van der Waals surface area contributed by atoms with Gasteiger partial charge in [0.15, 0.2) is 0 Å². The van der Waals surface area contributed by atoms with Gasteiger partial charge in [-0.2, -0.15) is 0 Å². The van der Waals surface area contributed by atoms with Crippen molar-refractivity contribution in [3.63, 3.8) is 0 Å². The van der Waals surface area contributed by atoms with E-state index in [0.29, 0.717) is 0 Å². The van der Waals surface area contributed by atoms with Gasteiger partial charge in [0.1, 0.15) is 0 Å². The standard InChI is InChI=1S/C7H14BrN/c1-2-9-5-3-4-7(8)6-9/h7H,2-6H2,1H3. The number of rotatable bonds is 1. The Morgan fingerprint density at radius 2 is 2.44 bits per heavy atom. The molecule has 0 aliphatic carbocycles. The van der Waals surface area contributed by atoms with Gasteiger partial charge in [0, 0.05) is 11.4 Å². The third-order valence-electron chi connectivity index (χ3n) is 1.90. The summed E-state index contributed by atoms with van der Waals surface area (Å²) in [7, 11) is 0. The fourth-order valence-electron chi connectivity index (χ4n) is 1.29. The molecule has 1 aliphatic heterocycles. The number of likely N-dealkylation sites (tertiary alicyclic amines) is 1. The maximum Gasteiger partial charge on any atom is 0.0273 e. The van der Waals surface area contributed by atoms with Crippen LogP contribution in [0.15, 0.2) is 0 Å². The van der Waals surface area contributed by atoms with E-state index < -0.39 is 0 Å². The summed E-state index contributed by atoms with van der Waals surface area (Å²) >= 11 is 3.63. The second kappa shape index (κ2) is 3.57. The highest BCUT2D eigenvalue weighted by molar-refractivity contribution is 9.09. The lowest BCUT2D eigenvalue weighted by Gasteiger charge is -2.28. The van der Waals surface area contributed by atoms with Crippen molar-refractivity contribution in [3.05, 3.63) is 0 Å². The molecule has 0 N–H and O–H groups in total. The van der Waals surface area contributed by atoms with Gasteiger partial charge in [-0.15, -0.1) is 0 Å². The van der Waals surface area contributed by atoms with Crippen LogP contribution in [0, 0.1) is 0 Å². The molecular formula is C7H14BrN. The van der Waals surface area contributed by atoms with Gasteiger partial charge in [0.05, 0.1) is 0 Å². The molecule has 0 spiro atoms. The van der Waals surface area contributed by atoms with Crippen molar-refractivity contribution in [3.8, 4) is 0 Å². The fraction of sp³-hybridized carbons (Fsp3) is 1.00. The average molecular weight is 192 g/mol. The van der Waals surface area contributed by atoms with Crippen molar-refractivity contribution < 1.29 is 0 Å². The molecule has 0 aromatic carbocycles. The molecule has 0 saturated carbocycles. The predicted octanol–water partition coefficient (Wildman–Crippen LogP) is 1.87. The summed E-state index contributed by atoms with van der Waals surface area (Å²) in [6.45, 7) is 5.99. The van der Waals surface area contributed by atoms with E-state index in [4.69, 9.17) is 0 Å². The Labute approximate surface area is 65.6 Å². The second-order valence-electron chi connectivity index (χ2n) is 2.63. The first-order valence-corrected chi connectivity index (χ1v) is 4.61. The van der Waals surface area contributed by atoms with Crippen LogP contribution in [-0.4, -0.2) is 29.4 Å². The summed E-state index contributed by atoms with van der Waals surface area (Å²) in [5.74, 6) is 0. The number of hydrogen-bond acceptors (Lipinski definition) is 1. The Balaban J connectivity index is 2.23. The van der Waals surface area contributed by atoms with Crippen molar-refractivity contribution >= 4 is 15.9 Å². The van der Waals surface area contributed by atoms with Crippen molar-refractivity contribution in [2.24, 2.45) is 0 Å². The Morgan fingerprint density at radius 3 is 2.89 bits per heavy atom. The van der Waals surface area contributed by atoms with Crippen LogP contribution in [-0.2, 0) is 0 Å². The highest BCUT2D eigenvalue weighted by atomic mass is 79.9. The van der Waals surface area contributed by atoms with E-state index in [2.05, 4.69) is 27.8 Å². The van der Waals surface area contributed by atoms with Crippen molar-refractivity contribution in [2.75, 3.05) is 19.6 Å². The lowest BCUT2D eigenvalue weighted by molar-refractivity contribution is 0.247. The van der Waals surface area contributed by atoms with Crippen LogP contribution >= 0.6 is 15.9 Å². The van der Waals surface area contributed by atoms with Gasteiger partial charge in [-0.1, -0.05) is 22.9 Å². The number of hydrogen-bond donors (Lipinski definition) is 0. The molecule has 2 heteroatoms. The first-order chi connectivity index (χ1) is 4.33. The van der Waals surface area contributed by atoms with E-state index in [1.165, 1.54) is 32.5 Å². The van der Waals surface area contributed by atoms with E-state index in [9.17, 15) is 0 Å². The Kier molecular flexibility index (Phi) is 2.99. The Bertz CT molecular complexity index is 85.0. The number of alkyl halides is 1. The van der Waals surface area contributed by atoms with Crippen LogP contribution in [0.3, 0.4) is 0 Å². The molecule has 1 saturated heterocycles. The lowest BCUT2D eigenvalue weighted by atomic mass is 10.1. The van der Waals surface area contributed by atoms with Gasteiger partial charge in [-0.25, -0.2) is 0 Å². The second-order valence-corrected chi connectivity index (χ2v) is 3.93. The zero-order valence-corrected chi connectivity index (χ0v) is 7.52. The molecule has 1 rings (SSSR count). The van der Waals surface area contributed by atoms with Crippen LogP contribution in [0.5, 0.6) is 0 Å². The van der Waals surface area contributed by atoms with E-state index in [1.807, 2.05) is 0 Å². The Morgan fingerprint density at radius 1 is 1.67 bits per heavy atom. The molecule has 54 valence electrons. The summed E-state index contributed by atoms with van der Waals surface area (Å²) in [6.07, 6.45) is 2.72. The average Bonchev–Trinajstić information content (AvgIpc) is 1.88. The van der Waals surface area contributed by atoms with Crippen LogP contribution in [0.2, 0.25) is 0 Å². The van der Waals surface area contributed by atoms with Crippen LogP contribution in [0.25, 0.3) is 0 Å². The lowest BCUT2D eigenvalue weighted by Crippen LogP contribution is -2.35. The maximum absolute atomic E-state index is 3.63. The molecule has 1 unspecified atom stereocenters. The van der Waals surface area contributed by atoms with Crippen LogP contribution in [0.1, 0.15) is 19.8 Å². The third kappa shape index (κ3) is 2.26. The van der Waals surface area contributed by atoms with E-state index in [1.54, 1.807) is 0 Å². The van der Waals surface area contributed by atoms with Crippen molar-refractivity contribution in [1.29, 1.82) is 0 Å². The molecule has 1 atom stereocenters. The zero-order chi connectivity index (χ0) is 6.69. The minimum atomic E-state index is 0.756. The molecule has 1 heterocycles. The predicted molar refractivity (Wildman–Crippen MR) is 44.1 cm³/mol. The molecular weight excluding hydrogens is 178 g/mol. The summed E-state index contributed by atoms with van der Waals surface area (Å²) in [6, 6.07) is 0. The minimum Gasteiger partial charge on any atom is -0.303 e. The molecule has 0 aromatic rings. The normalized spacial score (nSPS) is 30.7. The zero-order valence-electron chi connectivity index (χ0n) is 5.94. The van der Waals surface area contributed by atoms with Gasteiger partial charge < -0.3 is 4.90 Å². The summed E-state index contributed by atoms with van der Waals surface area (Å²) in [5.41, 5.74) is 0. The summed E-state index contributed by atoms with van der Waals surface area (Å²) in [4.78, 5) is 3.24. The van der Waals surface area contributed by atoms with Gasteiger partial charge in [-0.3, -0.25) is 0 Å². The van der Waals surface area contributed by atoms with Gasteiger partial charge in [0.25, 0.3) is 0 Å². The number of piperidine rings is 1. The topological polar surface area (TPSA) is 3.24 Å². The van der Waals surface area contributed by atoms with Gasteiger partial charge >= 0.3 is 0 Å². The number of halogens is 1. The molecule has 0 aromatic heterocycles. The van der Waals surface area contributed by atoms with Crippen LogP contribution < -0.4 is 0 Å². The molecule has 1 fully saturated rings. The Hall–Kier alpha value is 0.440. The van der Waals surface area contributed by atoms with Crippen molar-refractivity contribution in [2.45, 2.75) is 24.6 Å². The molecule has 0 amide bonds. The van der Waals surface area contributed by atoms with Crippen molar-refractivity contribution in [1.82, 2.24) is 4.90 Å². The molecule has 1 nitrogen and oxygen atoms in total. The summed E-state index contributed by atoms with van der Waals surface area (Å²) < 4.78 is 0. The molecule has 0 radical (unpaired) electrons. The maximum atomic E-state index is 3.63. The van der Waals surface area contributed by atoms with E-state index in [-0.39, 0.29) is 0 Å². The fourth-order valence-corrected chi connectivity index (χ4v) is 2.02. The minimum absolute atomic E-state index is 0.756. The first kappa shape index (κ1) is 7.55. The molecule has 1 aliphatic rings. The summed E-state index contributed by atoms with van der Waals surface area (Å²) in [5, 5.41) is 0. The van der Waals surface area contributed by atoms with Gasteiger partial charge in [0.2, 0.25) is 0 Å². The largest absolute Gasteiger partial charge is 0.303 e. The van der Waals surface area contributed by atoms with E-state index in [0.717, 1.165) is 4.83 Å². The van der Waals surface area contributed by atoms with E-state index >= 15 is 0 Å². The molecule has 0 bridgehead atoms. The van der Waals surface area contributed by atoms with Gasteiger partial charge in [-0.05, 0) is 25.9 Å². The van der Waals surface area contributed by atoms with Crippen LogP contribution in [0.4, 0.5) is 0 Å². The highest BCUT2D eigenvalue weighted by Gasteiger charge is 2.14. The first-order valence-electron chi connectivity index (χ1n) is 3.69. The quantitative estimate of drug-likeness (QED) is 0.573. The number of nitrogens with zero attached hydrogens (tertiary/aromatic N) is 1. The SMILES string of the molecule is CCN1CCCC(Br)C1. The highest BCUT2D eigenvalue weighted by Crippen LogP contribution is 2.15. The smallest absolute Gasteiger partial charge is 0.0273 e. The third-order valence-corrected chi connectivity index (χ3v) is 2.64.